The van der Waals surface area contributed by atoms with Gasteiger partial charge in [-0.15, -0.1) is 24.0 Å². The van der Waals surface area contributed by atoms with Gasteiger partial charge in [0.25, 0.3) is 0 Å². The molecule has 2 N–H and O–H groups in total. The molecule has 126 valence electrons. The van der Waals surface area contributed by atoms with Crippen LogP contribution in [0.2, 0.25) is 0 Å². The quantitative estimate of drug-likeness (QED) is 0.449. The Bertz CT molecular complexity index is 494. The molecule has 1 aromatic heterocycles. The number of halogens is 1. The second-order valence-electron chi connectivity index (χ2n) is 5.59. The van der Waals surface area contributed by atoms with Crippen molar-refractivity contribution in [1.29, 1.82) is 0 Å². The summed E-state index contributed by atoms with van der Waals surface area (Å²) in [5.41, 5.74) is 9.46. The van der Waals surface area contributed by atoms with Gasteiger partial charge in [0.2, 0.25) is 0 Å². The zero-order chi connectivity index (χ0) is 15.2. The number of nitrogens with two attached hydrogens (primary N) is 1. The zero-order valence-electron chi connectivity index (χ0n) is 13.8. The first-order chi connectivity index (χ1) is 10.1. The molecule has 2 rings (SSSR count). The summed E-state index contributed by atoms with van der Waals surface area (Å²) in [4.78, 5) is 6.75. The number of aliphatic imine (C=N–C) groups is 1. The normalized spacial score (nSPS) is 15.8. The standard InChI is InChI=1S/C15H27N5O.HI/c1-12-14(13(2)20(18-12)9-10-21-3)11-17-15(16)19-7-5-4-6-8-19;/h4-11H2,1-3H3,(H2,16,17);1H. The summed E-state index contributed by atoms with van der Waals surface area (Å²) in [6, 6.07) is 0. The van der Waals surface area contributed by atoms with Crippen LogP contribution in [0.3, 0.4) is 0 Å². The maximum atomic E-state index is 6.11. The van der Waals surface area contributed by atoms with E-state index in [2.05, 4.69) is 21.9 Å². The Labute approximate surface area is 150 Å². The molecule has 0 saturated carbocycles. The number of likely N-dealkylation sites (tertiary alicyclic amines) is 1. The van der Waals surface area contributed by atoms with Crippen molar-refractivity contribution in [2.45, 2.75) is 46.2 Å². The van der Waals surface area contributed by atoms with Crippen LogP contribution in [-0.4, -0.2) is 47.4 Å². The van der Waals surface area contributed by atoms with Gasteiger partial charge in [0, 0.05) is 31.5 Å². The molecule has 1 saturated heterocycles. The molecule has 1 aliphatic rings. The minimum absolute atomic E-state index is 0. The minimum Gasteiger partial charge on any atom is -0.383 e. The summed E-state index contributed by atoms with van der Waals surface area (Å²) < 4.78 is 7.10. The van der Waals surface area contributed by atoms with Gasteiger partial charge in [0.05, 0.1) is 25.4 Å². The predicted molar refractivity (Wildman–Crippen MR) is 99.7 cm³/mol. The topological polar surface area (TPSA) is 68.7 Å². The second-order valence-corrected chi connectivity index (χ2v) is 5.59. The molecule has 1 aliphatic heterocycles. The molecule has 7 heteroatoms. The number of ether oxygens (including phenoxy) is 1. The maximum absolute atomic E-state index is 6.11. The van der Waals surface area contributed by atoms with Gasteiger partial charge in [-0.25, -0.2) is 4.99 Å². The number of hydrogen-bond donors (Lipinski definition) is 1. The van der Waals surface area contributed by atoms with E-state index in [4.69, 9.17) is 10.5 Å². The van der Waals surface area contributed by atoms with E-state index in [1.165, 1.54) is 24.8 Å². The maximum Gasteiger partial charge on any atom is 0.191 e. The number of nitrogens with zero attached hydrogens (tertiary/aromatic N) is 4. The molecule has 0 aromatic carbocycles. The smallest absolute Gasteiger partial charge is 0.191 e. The Morgan fingerprint density at radius 3 is 2.59 bits per heavy atom. The van der Waals surface area contributed by atoms with E-state index >= 15 is 0 Å². The lowest BCUT2D eigenvalue weighted by molar-refractivity contribution is 0.182. The highest BCUT2D eigenvalue weighted by atomic mass is 127. The third kappa shape index (κ3) is 4.84. The van der Waals surface area contributed by atoms with Crippen LogP contribution in [0.15, 0.2) is 4.99 Å². The van der Waals surface area contributed by atoms with E-state index in [-0.39, 0.29) is 24.0 Å². The zero-order valence-corrected chi connectivity index (χ0v) is 16.2. The number of methoxy groups -OCH3 is 1. The monoisotopic (exact) mass is 421 g/mol. The van der Waals surface area contributed by atoms with Crippen LogP contribution < -0.4 is 5.73 Å². The van der Waals surface area contributed by atoms with Crippen LogP contribution in [0.1, 0.15) is 36.2 Å². The highest BCUT2D eigenvalue weighted by molar-refractivity contribution is 14.0. The Balaban J connectivity index is 0.00000242. The first-order valence-electron chi connectivity index (χ1n) is 7.70. The van der Waals surface area contributed by atoms with Crippen molar-refractivity contribution in [1.82, 2.24) is 14.7 Å². The second kappa shape index (κ2) is 9.34. The Hall–Kier alpha value is -0.830. The van der Waals surface area contributed by atoms with Crippen LogP contribution in [-0.2, 0) is 17.8 Å². The van der Waals surface area contributed by atoms with Crippen molar-refractivity contribution in [3.63, 3.8) is 0 Å². The van der Waals surface area contributed by atoms with Crippen molar-refractivity contribution in [3.05, 3.63) is 17.0 Å². The Kier molecular flexibility index (Phi) is 8.16. The van der Waals surface area contributed by atoms with Crippen molar-refractivity contribution in [2.24, 2.45) is 10.7 Å². The minimum atomic E-state index is 0. The Morgan fingerprint density at radius 2 is 1.95 bits per heavy atom. The molecule has 0 atom stereocenters. The van der Waals surface area contributed by atoms with Crippen LogP contribution in [0.25, 0.3) is 0 Å². The summed E-state index contributed by atoms with van der Waals surface area (Å²) in [6.45, 7) is 8.21. The fourth-order valence-electron chi connectivity index (χ4n) is 2.74. The van der Waals surface area contributed by atoms with Crippen LogP contribution >= 0.6 is 24.0 Å². The number of aryl methyl sites for hydroxylation is 1. The van der Waals surface area contributed by atoms with Gasteiger partial charge in [0.1, 0.15) is 0 Å². The van der Waals surface area contributed by atoms with Crippen molar-refractivity contribution < 1.29 is 4.74 Å². The van der Waals surface area contributed by atoms with E-state index in [0.717, 1.165) is 31.0 Å². The van der Waals surface area contributed by atoms with Gasteiger partial charge in [-0.1, -0.05) is 0 Å². The SMILES string of the molecule is COCCn1nc(C)c(CN=C(N)N2CCCCC2)c1C.I. The summed E-state index contributed by atoms with van der Waals surface area (Å²) in [5, 5.41) is 4.55. The van der Waals surface area contributed by atoms with Crippen LogP contribution in [0.5, 0.6) is 0 Å². The average molecular weight is 421 g/mol. The molecular weight excluding hydrogens is 393 g/mol. The van der Waals surface area contributed by atoms with Gasteiger partial charge >= 0.3 is 0 Å². The molecule has 0 spiro atoms. The molecule has 6 nitrogen and oxygen atoms in total. The molecule has 0 bridgehead atoms. The van der Waals surface area contributed by atoms with Gasteiger partial charge in [0.15, 0.2) is 5.96 Å². The fourth-order valence-corrected chi connectivity index (χ4v) is 2.74. The molecule has 22 heavy (non-hydrogen) atoms. The molecule has 0 radical (unpaired) electrons. The van der Waals surface area contributed by atoms with E-state index in [1.807, 2.05) is 11.6 Å². The third-order valence-corrected chi connectivity index (χ3v) is 4.12. The number of piperidine rings is 1. The number of hydrogen-bond acceptors (Lipinski definition) is 3. The molecule has 2 heterocycles. The first-order valence-corrected chi connectivity index (χ1v) is 7.70. The first kappa shape index (κ1) is 19.2. The molecular formula is C15H28IN5O. The van der Waals surface area contributed by atoms with Crippen molar-refractivity contribution >= 4 is 29.9 Å². The summed E-state index contributed by atoms with van der Waals surface area (Å²) in [7, 11) is 1.70. The number of rotatable bonds is 5. The van der Waals surface area contributed by atoms with Gasteiger partial charge in [-0.05, 0) is 33.1 Å². The van der Waals surface area contributed by atoms with Gasteiger partial charge in [-0.2, -0.15) is 5.10 Å². The lowest BCUT2D eigenvalue weighted by Crippen LogP contribution is -2.40. The van der Waals surface area contributed by atoms with E-state index in [0.29, 0.717) is 19.1 Å². The van der Waals surface area contributed by atoms with E-state index < -0.39 is 0 Å². The van der Waals surface area contributed by atoms with Crippen molar-refractivity contribution in [3.8, 4) is 0 Å². The van der Waals surface area contributed by atoms with Crippen LogP contribution in [0, 0.1) is 13.8 Å². The van der Waals surface area contributed by atoms with Gasteiger partial charge < -0.3 is 15.4 Å². The highest BCUT2D eigenvalue weighted by Crippen LogP contribution is 2.15. The van der Waals surface area contributed by atoms with Crippen molar-refractivity contribution in [2.75, 3.05) is 26.8 Å². The van der Waals surface area contributed by atoms with Crippen LogP contribution in [0.4, 0.5) is 0 Å². The number of guanidine groups is 1. The number of aromatic nitrogens is 2. The molecule has 1 aromatic rings. The molecule has 1 fully saturated rings. The molecule has 0 aliphatic carbocycles. The largest absolute Gasteiger partial charge is 0.383 e. The average Bonchev–Trinajstić information content (AvgIpc) is 2.78. The lowest BCUT2D eigenvalue weighted by Gasteiger charge is -2.27. The lowest BCUT2D eigenvalue weighted by atomic mass is 10.1. The fraction of sp³-hybridized carbons (Fsp3) is 0.733. The van der Waals surface area contributed by atoms with Gasteiger partial charge in [-0.3, -0.25) is 4.68 Å². The highest BCUT2D eigenvalue weighted by Gasteiger charge is 2.14. The summed E-state index contributed by atoms with van der Waals surface area (Å²) >= 11 is 0. The molecule has 0 unspecified atom stereocenters. The molecule has 0 amide bonds. The third-order valence-electron chi connectivity index (χ3n) is 4.12. The predicted octanol–water partition coefficient (Wildman–Crippen LogP) is 2.06. The summed E-state index contributed by atoms with van der Waals surface area (Å²) in [5.74, 6) is 0.665. The van der Waals surface area contributed by atoms with E-state index in [9.17, 15) is 0 Å². The summed E-state index contributed by atoms with van der Waals surface area (Å²) in [6.07, 6.45) is 3.72. The Morgan fingerprint density at radius 1 is 1.27 bits per heavy atom. The van der Waals surface area contributed by atoms with E-state index in [1.54, 1.807) is 7.11 Å².